The van der Waals surface area contributed by atoms with Crippen LogP contribution in [0.5, 0.6) is 5.75 Å². The van der Waals surface area contributed by atoms with Crippen molar-refractivity contribution in [2.24, 2.45) is 0 Å². The van der Waals surface area contributed by atoms with E-state index in [4.69, 9.17) is 9.47 Å². The van der Waals surface area contributed by atoms with Crippen molar-refractivity contribution in [1.29, 1.82) is 0 Å². The minimum Gasteiger partial charge on any atom is -0.491 e. The molecule has 4 atom stereocenters. The normalized spacial score (nSPS) is 22.4. The van der Waals surface area contributed by atoms with Gasteiger partial charge in [0.2, 0.25) is 0 Å². The van der Waals surface area contributed by atoms with Gasteiger partial charge in [-0.05, 0) is 46.9 Å². The van der Waals surface area contributed by atoms with Crippen molar-refractivity contribution in [2.45, 2.75) is 50.3 Å². The highest BCUT2D eigenvalue weighted by Gasteiger charge is 2.39. The van der Waals surface area contributed by atoms with Crippen LogP contribution in [0.3, 0.4) is 0 Å². The molecule has 1 fully saturated rings. The van der Waals surface area contributed by atoms with E-state index in [9.17, 15) is 23.4 Å². The Bertz CT molecular complexity index is 1140. The highest BCUT2D eigenvalue weighted by atomic mass is 19.4. The molecule has 0 saturated carbocycles. The Morgan fingerprint density at radius 2 is 1.61 bits per heavy atom. The highest BCUT2D eigenvalue weighted by molar-refractivity contribution is 5.64. The predicted octanol–water partition coefficient (Wildman–Crippen LogP) is 4.87. The third-order valence-electron chi connectivity index (χ3n) is 6.19. The van der Waals surface area contributed by atoms with Gasteiger partial charge in [-0.15, -0.1) is 0 Å². The zero-order chi connectivity index (χ0) is 25.9. The number of halogens is 3. The van der Waals surface area contributed by atoms with Gasteiger partial charge in [0.15, 0.2) is 0 Å². The van der Waals surface area contributed by atoms with Crippen molar-refractivity contribution in [1.82, 2.24) is 4.98 Å². The van der Waals surface area contributed by atoms with E-state index in [1.165, 1.54) is 17.7 Å². The van der Waals surface area contributed by atoms with Gasteiger partial charge in [-0.1, -0.05) is 56.3 Å². The predicted molar refractivity (Wildman–Crippen MR) is 130 cm³/mol. The van der Waals surface area contributed by atoms with E-state index in [0.29, 0.717) is 11.7 Å². The maximum absolute atomic E-state index is 12.9. The first-order valence-corrected chi connectivity index (χ1v) is 11.7. The molecule has 2 heterocycles. The number of nitrogens with zero attached hydrogens (tertiary/aromatic N) is 1. The van der Waals surface area contributed by atoms with Crippen LogP contribution in [0.4, 0.5) is 19.0 Å². The van der Waals surface area contributed by atoms with E-state index < -0.39 is 36.2 Å². The first kappa shape index (κ1) is 25.9. The smallest absolute Gasteiger partial charge is 0.433 e. The fraction of sp³-hybridized carbons (Fsp3) is 0.370. The van der Waals surface area contributed by atoms with Gasteiger partial charge in [0.25, 0.3) is 0 Å². The van der Waals surface area contributed by atoms with Crippen molar-refractivity contribution >= 4 is 5.82 Å². The third kappa shape index (κ3) is 6.16. The van der Waals surface area contributed by atoms with Gasteiger partial charge in [-0.2, -0.15) is 13.2 Å². The van der Waals surface area contributed by atoms with Crippen LogP contribution in [0.25, 0.3) is 11.1 Å². The van der Waals surface area contributed by atoms with E-state index in [0.717, 1.165) is 17.2 Å². The highest BCUT2D eigenvalue weighted by Crippen LogP contribution is 2.29. The molecule has 36 heavy (non-hydrogen) atoms. The van der Waals surface area contributed by atoms with Crippen LogP contribution in [0.15, 0.2) is 66.7 Å². The Morgan fingerprint density at radius 3 is 2.22 bits per heavy atom. The Kier molecular flexibility index (Phi) is 7.82. The van der Waals surface area contributed by atoms with Crippen LogP contribution in [0, 0.1) is 0 Å². The molecular weight excluding hydrogens is 473 g/mol. The average Bonchev–Trinajstić information content (AvgIpc) is 2.86. The molecule has 0 unspecified atom stereocenters. The van der Waals surface area contributed by atoms with Crippen LogP contribution in [0.2, 0.25) is 0 Å². The topological polar surface area (TPSA) is 83.8 Å². The summed E-state index contributed by atoms with van der Waals surface area (Å²) in [5.74, 6) is 0.976. The molecule has 9 heteroatoms. The van der Waals surface area contributed by atoms with Gasteiger partial charge in [-0.3, -0.25) is 0 Å². The van der Waals surface area contributed by atoms with Crippen molar-refractivity contribution in [3.8, 4) is 16.9 Å². The number of hydrogen-bond donors (Lipinski definition) is 3. The van der Waals surface area contributed by atoms with Crippen LogP contribution >= 0.6 is 0 Å². The molecule has 4 rings (SSSR count). The summed E-state index contributed by atoms with van der Waals surface area (Å²) in [5, 5.41) is 23.7. The lowest BCUT2D eigenvalue weighted by molar-refractivity contribution is -0.150. The zero-order valence-corrected chi connectivity index (χ0v) is 19.9. The van der Waals surface area contributed by atoms with Gasteiger partial charge in [0.05, 0.1) is 12.6 Å². The number of aromatic nitrogens is 1. The second-order valence-electron chi connectivity index (χ2n) is 9.12. The average molecular weight is 503 g/mol. The zero-order valence-electron chi connectivity index (χ0n) is 19.9. The van der Waals surface area contributed by atoms with Crippen molar-refractivity contribution in [3.05, 3.63) is 78.0 Å². The molecule has 3 N–H and O–H groups in total. The minimum absolute atomic E-state index is 0.00477. The quantitative estimate of drug-likeness (QED) is 0.428. The number of ether oxygens (including phenoxy) is 2. The number of hydrogen-bond acceptors (Lipinski definition) is 6. The maximum atomic E-state index is 12.9. The van der Waals surface area contributed by atoms with Gasteiger partial charge in [0, 0.05) is 0 Å². The number of aliphatic hydroxyl groups is 2. The molecule has 2 aromatic carbocycles. The second kappa shape index (κ2) is 10.9. The molecule has 1 saturated heterocycles. The summed E-state index contributed by atoms with van der Waals surface area (Å²) in [6.45, 7) is 4.25. The Labute approximate surface area is 207 Å². The number of anilines is 1. The lowest BCUT2D eigenvalue weighted by atomic mass is 9.98. The Balaban J connectivity index is 1.31. The van der Waals surface area contributed by atoms with Crippen LogP contribution in [-0.2, 0) is 10.9 Å². The molecule has 192 valence electrons. The first-order chi connectivity index (χ1) is 17.1. The molecule has 1 aliphatic rings. The number of rotatable bonds is 7. The van der Waals surface area contributed by atoms with Crippen LogP contribution < -0.4 is 10.1 Å². The summed E-state index contributed by atoms with van der Waals surface area (Å²) in [5.41, 5.74) is 2.35. The van der Waals surface area contributed by atoms with Gasteiger partial charge in [-0.25, -0.2) is 4.98 Å². The summed E-state index contributed by atoms with van der Waals surface area (Å²) in [6, 6.07) is 18.5. The number of aliphatic hydroxyl groups excluding tert-OH is 2. The molecule has 0 spiro atoms. The summed E-state index contributed by atoms with van der Waals surface area (Å²) in [6.07, 6.45) is -7.99. The van der Waals surface area contributed by atoms with Crippen molar-refractivity contribution in [2.75, 3.05) is 18.5 Å². The number of alkyl halides is 3. The fourth-order valence-electron chi connectivity index (χ4n) is 4.00. The van der Waals surface area contributed by atoms with E-state index in [2.05, 4.69) is 48.4 Å². The molecule has 1 aromatic heterocycles. The molecule has 6 nitrogen and oxygen atoms in total. The van der Waals surface area contributed by atoms with E-state index in [-0.39, 0.29) is 19.0 Å². The molecule has 3 aromatic rings. The summed E-state index contributed by atoms with van der Waals surface area (Å²) >= 11 is 0. The maximum Gasteiger partial charge on any atom is 0.433 e. The van der Waals surface area contributed by atoms with Crippen LogP contribution in [0.1, 0.15) is 31.0 Å². The lowest BCUT2D eigenvalue weighted by Crippen LogP contribution is -2.57. The minimum atomic E-state index is -4.59. The van der Waals surface area contributed by atoms with E-state index in [1.807, 2.05) is 24.3 Å². The number of nitrogens with one attached hydrogen (secondary N) is 1. The second-order valence-corrected chi connectivity index (χ2v) is 9.12. The molecule has 0 bridgehead atoms. The van der Waals surface area contributed by atoms with Gasteiger partial charge < -0.3 is 25.0 Å². The standard InChI is InChI=1S/C27H29F3N2O4/c1-16(2)17-6-8-18(9-7-17)19-10-12-20(13-11-19)35-15-22-26(34)25(33)21(14-36-22)31-24-5-3-4-23(32-24)27(28,29)30/h3-13,16,21-22,25-26,33-34H,14-15H2,1-2H3,(H,31,32)/t21-,22+,25+,26-/m0/s1. The fourth-order valence-corrected chi connectivity index (χ4v) is 4.00. The SMILES string of the molecule is CC(C)c1ccc(-c2ccc(OC[C@H]3OC[C@H](Nc4cccc(C(F)(F)F)n4)[C@@H](O)[C@H]3O)cc2)cc1. The molecule has 0 aliphatic carbocycles. The lowest BCUT2D eigenvalue weighted by Gasteiger charge is -2.38. The summed E-state index contributed by atoms with van der Waals surface area (Å²) < 4.78 is 50.1. The van der Waals surface area contributed by atoms with Crippen molar-refractivity contribution in [3.63, 3.8) is 0 Å². The monoisotopic (exact) mass is 502 g/mol. The Morgan fingerprint density at radius 1 is 0.972 bits per heavy atom. The largest absolute Gasteiger partial charge is 0.491 e. The summed E-state index contributed by atoms with van der Waals surface area (Å²) in [4.78, 5) is 3.52. The first-order valence-electron chi connectivity index (χ1n) is 11.7. The van der Waals surface area contributed by atoms with Crippen molar-refractivity contribution < 1.29 is 32.9 Å². The van der Waals surface area contributed by atoms with E-state index in [1.54, 1.807) is 0 Å². The van der Waals surface area contributed by atoms with Crippen LogP contribution in [-0.4, -0.2) is 52.8 Å². The molecule has 1 aliphatic heterocycles. The third-order valence-corrected chi connectivity index (χ3v) is 6.19. The number of benzene rings is 2. The molecule has 0 radical (unpaired) electrons. The molecule has 0 amide bonds. The molecular formula is C27H29F3N2O4. The van der Waals surface area contributed by atoms with Gasteiger partial charge in [0.1, 0.15) is 42.2 Å². The summed E-state index contributed by atoms with van der Waals surface area (Å²) in [7, 11) is 0. The van der Waals surface area contributed by atoms with Gasteiger partial charge >= 0.3 is 6.18 Å². The van der Waals surface area contributed by atoms with E-state index >= 15 is 0 Å². The number of pyridine rings is 1. The Hall–Kier alpha value is -3.14.